The number of para-hydroxylation sites is 1. The lowest BCUT2D eigenvalue weighted by Gasteiger charge is -2.08. The molecule has 0 aliphatic heterocycles. The highest BCUT2D eigenvalue weighted by atomic mass is 16.5. The minimum atomic E-state index is 0.750. The van der Waals surface area contributed by atoms with Crippen molar-refractivity contribution in [3.63, 3.8) is 0 Å². The molecule has 0 N–H and O–H groups in total. The summed E-state index contributed by atoms with van der Waals surface area (Å²) in [6.07, 6.45) is 1.56. The van der Waals surface area contributed by atoms with Crippen LogP contribution in [0, 0.1) is 0 Å². The zero-order valence-electron chi connectivity index (χ0n) is 11.3. The Balaban J connectivity index is 2.20. The van der Waals surface area contributed by atoms with Gasteiger partial charge in [-0.15, -0.1) is 0 Å². The van der Waals surface area contributed by atoms with E-state index in [-0.39, 0.29) is 0 Å². The van der Waals surface area contributed by atoms with Crippen molar-refractivity contribution in [1.82, 2.24) is 9.97 Å². The predicted molar refractivity (Wildman–Crippen MR) is 78.1 cm³/mol. The summed E-state index contributed by atoms with van der Waals surface area (Å²) < 4.78 is 10.5. The standard InChI is InChI=1S/C16H14N2O2/c1-19-12-8-6-11(7-9-12)15-13-4-3-5-14(20-2)16(13)18-10-17-15/h3-10H,1-2H3. The molecular formula is C16H14N2O2. The molecule has 3 aromatic rings. The molecule has 0 aliphatic rings. The van der Waals surface area contributed by atoms with E-state index in [0.29, 0.717) is 0 Å². The molecule has 1 aromatic heterocycles. The van der Waals surface area contributed by atoms with Crippen LogP contribution in [0.5, 0.6) is 11.5 Å². The second kappa shape index (κ2) is 5.17. The van der Waals surface area contributed by atoms with Crippen LogP contribution in [-0.2, 0) is 0 Å². The summed E-state index contributed by atoms with van der Waals surface area (Å²) in [5, 5.41) is 0.969. The molecule has 3 rings (SSSR count). The molecule has 20 heavy (non-hydrogen) atoms. The van der Waals surface area contributed by atoms with Gasteiger partial charge in [0.2, 0.25) is 0 Å². The van der Waals surface area contributed by atoms with Crippen molar-refractivity contribution in [2.24, 2.45) is 0 Å². The van der Waals surface area contributed by atoms with Crippen molar-refractivity contribution < 1.29 is 9.47 Å². The van der Waals surface area contributed by atoms with Gasteiger partial charge in [-0.3, -0.25) is 0 Å². The Hall–Kier alpha value is -2.62. The number of hydrogen-bond acceptors (Lipinski definition) is 4. The number of fused-ring (bicyclic) bond motifs is 1. The summed E-state index contributed by atoms with van der Waals surface area (Å²) in [5.41, 5.74) is 2.72. The van der Waals surface area contributed by atoms with Crippen molar-refractivity contribution in [1.29, 1.82) is 0 Å². The Morgan fingerprint density at radius 2 is 1.65 bits per heavy atom. The third kappa shape index (κ3) is 2.05. The molecule has 0 saturated heterocycles. The molecule has 0 spiro atoms. The van der Waals surface area contributed by atoms with E-state index in [4.69, 9.17) is 9.47 Å². The molecule has 0 radical (unpaired) electrons. The Morgan fingerprint density at radius 3 is 2.35 bits per heavy atom. The van der Waals surface area contributed by atoms with Crippen LogP contribution in [0.3, 0.4) is 0 Å². The third-order valence-electron chi connectivity index (χ3n) is 3.21. The van der Waals surface area contributed by atoms with Gasteiger partial charge in [0.1, 0.15) is 23.3 Å². The van der Waals surface area contributed by atoms with Gasteiger partial charge in [0.15, 0.2) is 0 Å². The molecule has 2 aromatic carbocycles. The molecule has 0 amide bonds. The molecule has 0 saturated carbocycles. The topological polar surface area (TPSA) is 44.2 Å². The van der Waals surface area contributed by atoms with Crippen LogP contribution in [0.25, 0.3) is 22.2 Å². The molecule has 100 valence electrons. The van der Waals surface area contributed by atoms with Gasteiger partial charge in [0, 0.05) is 10.9 Å². The first-order valence-corrected chi connectivity index (χ1v) is 6.25. The van der Waals surface area contributed by atoms with Crippen molar-refractivity contribution in [2.75, 3.05) is 14.2 Å². The number of aromatic nitrogens is 2. The lowest BCUT2D eigenvalue weighted by atomic mass is 10.1. The van der Waals surface area contributed by atoms with Crippen LogP contribution in [0.4, 0.5) is 0 Å². The van der Waals surface area contributed by atoms with Crippen LogP contribution < -0.4 is 9.47 Å². The highest BCUT2D eigenvalue weighted by molar-refractivity contribution is 5.95. The maximum absolute atomic E-state index is 5.34. The van der Waals surface area contributed by atoms with Gasteiger partial charge in [0.25, 0.3) is 0 Å². The predicted octanol–water partition coefficient (Wildman–Crippen LogP) is 3.31. The van der Waals surface area contributed by atoms with Gasteiger partial charge in [0.05, 0.1) is 19.9 Å². The molecule has 1 heterocycles. The molecule has 0 unspecified atom stereocenters. The van der Waals surface area contributed by atoms with Gasteiger partial charge in [-0.1, -0.05) is 12.1 Å². The second-order valence-corrected chi connectivity index (χ2v) is 4.31. The third-order valence-corrected chi connectivity index (χ3v) is 3.21. The Morgan fingerprint density at radius 1 is 0.850 bits per heavy atom. The first kappa shape index (κ1) is 12.4. The highest BCUT2D eigenvalue weighted by Crippen LogP contribution is 2.30. The largest absolute Gasteiger partial charge is 0.497 e. The Labute approximate surface area is 117 Å². The molecule has 4 heteroatoms. The number of benzene rings is 2. The van der Waals surface area contributed by atoms with Gasteiger partial charge < -0.3 is 9.47 Å². The Bertz CT molecular complexity index is 739. The van der Waals surface area contributed by atoms with E-state index in [9.17, 15) is 0 Å². The molecule has 4 nitrogen and oxygen atoms in total. The smallest absolute Gasteiger partial charge is 0.145 e. The van der Waals surface area contributed by atoms with E-state index in [1.54, 1.807) is 20.5 Å². The van der Waals surface area contributed by atoms with Gasteiger partial charge in [-0.05, 0) is 30.3 Å². The maximum atomic E-state index is 5.34. The first-order chi connectivity index (χ1) is 9.83. The maximum Gasteiger partial charge on any atom is 0.145 e. The van der Waals surface area contributed by atoms with Crippen LogP contribution in [0.15, 0.2) is 48.8 Å². The quantitative estimate of drug-likeness (QED) is 0.729. The zero-order valence-corrected chi connectivity index (χ0v) is 11.3. The summed E-state index contributed by atoms with van der Waals surface area (Å²) in [4.78, 5) is 8.71. The molecule has 0 bridgehead atoms. The van der Waals surface area contributed by atoms with Crippen LogP contribution in [-0.4, -0.2) is 24.2 Å². The van der Waals surface area contributed by atoms with Crippen LogP contribution in [0.2, 0.25) is 0 Å². The van der Waals surface area contributed by atoms with Crippen molar-refractivity contribution in [2.45, 2.75) is 0 Å². The number of hydrogen-bond donors (Lipinski definition) is 0. The van der Waals surface area contributed by atoms with Gasteiger partial charge in [-0.25, -0.2) is 9.97 Å². The highest BCUT2D eigenvalue weighted by Gasteiger charge is 2.09. The van der Waals surface area contributed by atoms with E-state index in [2.05, 4.69) is 9.97 Å². The number of methoxy groups -OCH3 is 2. The average Bonchev–Trinajstić information content (AvgIpc) is 2.54. The normalized spacial score (nSPS) is 10.5. The fourth-order valence-corrected chi connectivity index (χ4v) is 2.20. The Kier molecular flexibility index (Phi) is 3.21. The molecule has 0 fully saturated rings. The minimum Gasteiger partial charge on any atom is -0.497 e. The second-order valence-electron chi connectivity index (χ2n) is 4.31. The van der Waals surface area contributed by atoms with Crippen LogP contribution in [0.1, 0.15) is 0 Å². The minimum absolute atomic E-state index is 0.750. The lowest BCUT2D eigenvalue weighted by Crippen LogP contribution is -1.92. The van der Waals surface area contributed by atoms with Gasteiger partial charge in [-0.2, -0.15) is 0 Å². The fourth-order valence-electron chi connectivity index (χ4n) is 2.20. The molecule has 0 atom stereocenters. The first-order valence-electron chi connectivity index (χ1n) is 6.25. The monoisotopic (exact) mass is 266 g/mol. The molecular weight excluding hydrogens is 252 g/mol. The molecule has 0 aliphatic carbocycles. The van der Waals surface area contributed by atoms with E-state index in [1.807, 2.05) is 42.5 Å². The van der Waals surface area contributed by atoms with Crippen molar-refractivity contribution in [3.05, 3.63) is 48.8 Å². The fraction of sp³-hybridized carbons (Fsp3) is 0.125. The summed E-state index contributed by atoms with van der Waals surface area (Å²) >= 11 is 0. The number of rotatable bonds is 3. The summed E-state index contributed by atoms with van der Waals surface area (Å²) in [7, 11) is 3.30. The van der Waals surface area contributed by atoms with E-state index < -0.39 is 0 Å². The lowest BCUT2D eigenvalue weighted by molar-refractivity contribution is 0.415. The average molecular weight is 266 g/mol. The van der Waals surface area contributed by atoms with Gasteiger partial charge >= 0.3 is 0 Å². The van der Waals surface area contributed by atoms with Crippen LogP contribution >= 0.6 is 0 Å². The van der Waals surface area contributed by atoms with E-state index in [1.165, 1.54) is 0 Å². The summed E-state index contributed by atoms with van der Waals surface area (Å²) in [6.45, 7) is 0. The van der Waals surface area contributed by atoms with E-state index >= 15 is 0 Å². The number of nitrogens with zero attached hydrogens (tertiary/aromatic N) is 2. The number of ether oxygens (including phenoxy) is 2. The summed E-state index contributed by atoms with van der Waals surface area (Å²) in [5.74, 6) is 1.57. The zero-order chi connectivity index (χ0) is 13.9. The SMILES string of the molecule is COc1ccc(-c2ncnc3c(OC)cccc23)cc1. The van der Waals surface area contributed by atoms with E-state index in [0.717, 1.165) is 33.7 Å². The van der Waals surface area contributed by atoms with Crippen molar-refractivity contribution in [3.8, 4) is 22.8 Å². The summed E-state index contributed by atoms with van der Waals surface area (Å²) in [6, 6.07) is 13.6. The van der Waals surface area contributed by atoms with Crippen molar-refractivity contribution >= 4 is 10.9 Å².